The van der Waals surface area contributed by atoms with E-state index in [1.165, 1.54) is 0 Å². The van der Waals surface area contributed by atoms with E-state index >= 15 is 0 Å². The number of imidazole rings is 1. The van der Waals surface area contributed by atoms with E-state index in [-0.39, 0.29) is 17.4 Å². The Bertz CT molecular complexity index is 850. The average molecular weight is 331 g/mol. The summed E-state index contributed by atoms with van der Waals surface area (Å²) < 4.78 is 1.96. The molecule has 0 spiro atoms. The molecule has 4 heteroatoms. The van der Waals surface area contributed by atoms with Crippen LogP contribution in [0.3, 0.4) is 0 Å². The summed E-state index contributed by atoms with van der Waals surface area (Å²) >= 11 is 0. The summed E-state index contributed by atoms with van der Waals surface area (Å²) in [5.41, 5.74) is 2.95. The normalized spacial score (nSPS) is 16.2. The molecule has 1 N–H and O–H groups in total. The van der Waals surface area contributed by atoms with E-state index in [9.17, 15) is 4.79 Å². The Morgan fingerprint density at radius 3 is 2.44 bits per heavy atom. The lowest BCUT2D eigenvalue weighted by atomic mass is 9.94. The van der Waals surface area contributed by atoms with Crippen LogP contribution in [0.15, 0.2) is 73.3 Å². The van der Waals surface area contributed by atoms with Crippen molar-refractivity contribution >= 4 is 5.91 Å². The molecule has 4 rings (SSSR count). The molecule has 4 nitrogen and oxygen atoms in total. The number of carbonyl (C=O) groups excluding carboxylic acids is 1. The smallest absolute Gasteiger partial charge is 0.231 e. The summed E-state index contributed by atoms with van der Waals surface area (Å²) in [6.45, 7) is 2.03. The molecule has 1 aromatic heterocycles. The van der Waals surface area contributed by atoms with Gasteiger partial charge in [-0.2, -0.15) is 0 Å². The maximum absolute atomic E-state index is 12.8. The molecule has 1 atom stereocenters. The molecule has 25 heavy (non-hydrogen) atoms. The van der Waals surface area contributed by atoms with Crippen LogP contribution in [0.25, 0.3) is 5.69 Å². The van der Waals surface area contributed by atoms with Crippen molar-refractivity contribution in [1.82, 2.24) is 14.9 Å². The van der Waals surface area contributed by atoms with Crippen molar-refractivity contribution in [2.24, 2.45) is 0 Å². The molecule has 0 saturated heterocycles. The minimum absolute atomic E-state index is 0.0227. The number of hydrogen-bond donors (Lipinski definition) is 1. The fourth-order valence-electron chi connectivity index (χ4n) is 3.29. The molecule has 0 aliphatic heterocycles. The number of rotatable bonds is 5. The maximum atomic E-state index is 12.8. The van der Waals surface area contributed by atoms with Crippen LogP contribution in [0.1, 0.15) is 36.9 Å². The Labute approximate surface area is 147 Å². The Morgan fingerprint density at radius 2 is 1.84 bits per heavy atom. The van der Waals surface area contributed by atoms with E-state index in [1.807, 2.05) is 48.0 Å². The van der Waals surface area contributed by atoms with Gasteiger partial charge in [0.05, 0.1) is 17.8 Å². The lowest BCUT2D eigenvalue weighted by molar-refractivity contribution is -0.124. The van der Waals surface area contributed by atoms with Crippen molar-refractivity contribution in [1.29, 1.82) is 0 Å². The molecule has 0 unspecified atom stereocenters. The monoisotopic (exact) mass is 331 g/mol. The molecule has 1 aliphatic rings. The van der Waals surface area contributed by atoms with E-state index in [2.05, 4.69) is 34.6 Å². The summed E-state index contributed by atoms with van der Waals surface area (Å²) in [4.78, 5) is 16.9. The van der Waals surface area contributed by atoms with Gasteiger partial charge in [-0.15, -0.1) is 0 Å². The largest absolute Gasteiger partial charge is 0.349 e. The molecule has 1 fully saturated rings. The topological polar surface area (TPSA) is 46.9 Å². The van der Waals surface area contributed by atoms with Crippen LogP contribution in [0, 0.1) is 0 Å². The van der Waals surface area contributed by atoms with Gasteiger partial charge in [0.1, 0.15) is 0 Å². The van der Waals surface area contributed by atoms with Gasteiger partial charge < -0.3 is 9.88 Å². The summed E-state index contributed by atoms with van der Waals surface area (Å²) in [6, 6.07) is 18.3. The minimum atomic E-state index is -0.327. The van der Waals surface area contributed by atoms with E-state index < -0.39 is 0 Å². The SMILES string of the molecule is C[C@H](NC(=O)C1(c2ccccc2)CC1)c1ccc(-n2ccnc2)cc1. The summed E-state index contributed by atoms with van der Waals surface area (Å²) in [5.74, 6) is 0.130. The van der Waals surface area contributed by atoms with Crippen LogP contribution in [-0.4, -0.2) is 15.5 Å². The van der Waals surface area contributed by atoms with E-state index in [0.717, 1.165) is 29.7 Å². The lowest BCUT2D eigenvalue weighted by Gasteiger charge is -2.20. The van der Waals surface area contributed by atoms with Crippen molar-refractivity contribution in [3.05, 3.63) is 84.4 Å². The predicted octanol–water partition coefficient (Wildman–Crippen LogP) is 3.78. The van der Waals surface area contributed by atoms with Gasteiger partial charge in [-0.25, -0.2) is 4.98 Å². The number of benzene rings is 2. The highest BCUT2D eigenvalue weighted by Gasteiger charge is 2.51. The zero-order valence-electron chi connectivity index (χ0n) is 14.2. The Morgan fingerprint density at radius 1 is 1.12 bits per heavy atom. The van der Waals surface area contributed by atoms with E-state index in [1.54, 1.807) is 12.5 Å². The number of nitrogens with one attached hydrogen (secondary N) is 1. The Balaban J connectivity index is 1.47. The van der Waals surface area contributed by atoms with Gasteiger partial charge in [0.25, 0.3) is 0 Å². The van der Waals surface area contributed by atoms with Gasteiger partial charge in [-0.1, -0.05) is 42.5 Å². The second kappa shape index (κ2) is 6.20. The number of nitrogens with zero attached hydrogens (tertiary/aromatic N) is 2. The minimum Gasteiger partial charge on any atom is -0.349 e. The summed E-state index contributed by atoms with van der Waals surface area (Å²) in [7, 11) is 0. The van der Waals surface area contributed by atoms with Crippen LogP contribution >= 0.6 is 0 Å². The van der Waals surface area contributed by atoms with Crippen LogP contribution < -0.4 is 5.32 Å². The summed E-state index contributed by atoms with van der Waals surface area (Å²) in [5, 5.41) is 3.19. The van der Waals surface area contributed by atoms with Gasteiger partial charge in [0, 0.05) is 18.1 Å². The van der Waals surface area contributed by atoms with Gasteiger partial charge in [-0.3, -0.25) is 4.79 Å². The Hall–Kier alpha value is -2.88. The molecule has 1 saturated carbocycles. The maximum Gasteiger partial charge on any atom is 0.231 e. The standard InChI is InChI=1S/C21H21N3O/c1-16(17-7-9-19(10-8-17)24-14-13-22-15-24)23-20(25)21(11-12-21)18-5-3-2-4-6-18/h2-10,13-16H,11-12H2,1H3,(H,23,25)/t16-/m0/s1. The van der Waals surface area contributed by atoms with Crippen LogP contribution in [-0.2, 0) is 10.2 Å². The molecule has 2 aromatic carbocycles. The van der Waals surface area contributed by atoms with Crippen LogP contribution in [0.5, 0.6) is 0 Å². The van der Waals surface area contributed by atoms with E-state index in [0.29, 0.717) is 0 Å². The van der Waals surface area contributed by atoms with Crippen molar-refractivity contribution in [3.63, 3.8) is 0 Å². The highest BCUT2D eigenvalue weighted by Crippen LogP contribution is 2.48. The van der Waals surface area contributed by atoms with Crippen molar-refractivity contribution in [2.45, 2.75) is 31.2 Å². The molecule has 126 valence electrons. The predicted molar refractivity (Wildman–Crippen MR) is 97.5 cm³/mol. The van der Waals surface area contributed by atoms with Gasteiger partial charge in [0.15, 0.2) is 0 Å². The molecular formula is C21H21N3O. The first-order valence-corrected chi connectivity index (χ1v) is 8.64. The first-order chi connectivity index (χ1) is 12.2. The van der Waals surface area contributed by atoms with Crippen LogP contribution in [0.2, 0.25) is 0 Å². The fourth-order valence-corrected chi connectivity index (χ4v) is 3.29. The van der Waals surface area contributed by atoms with Gasteiger partial charge >= 0.3 is 0 Å². The second-order valence-corrected chi connectivity index (χ2v) is 6.70. The highest BCUT2D eigenvalue weighted by atomic mass is 16.2. The molecule has 0 bridgehead atoms. The van der Waals surface area contributed by atoms with Gasteiger partial charge in [0.2, 0.25) is 5.91 Å². The number of hydrogen-bond acceptors (Lipinski definition) is 2. The molecule has 1 aliphatic carbocycles. The average Bonchev–Trinajstić information content (AvgIpc) is 3.30. The molecule has 0 radical (unpaired) electrons. The fraction of sp³-hybridized carbons (Fsp3) is 0.238. The highest BCUT2D eigenvalue weighted by molar-refractivity contribution is 5.91. The number of amides is 1. The van der Waals surface area contributed by atoms with Crippen LogP contribution in [0.4, 0.5) is 0 Å². The molecule has 3 aromatic rings. The molecule has 1 amide bonds. The van der Waals surface area contributed by atoms with Crippen molar-refractivity contribution < 1.29 is 4.79 Å². The zero-order chi connectivity index (χ0) is 17.3. The third-order valence-corrected chi connectivity index (χ3v) is 5.05. The van der Waals surface area contributed by atoms with E-state index in [4.69, 9.17) is 0 Å². The third-order valence-electron chi connectivity index (χ3n) is 5.05. The zero-order valence-corrected chi connectivity index (χ0v) is 14.2. The van der Waals surface area contributed by atoms with Crippen molar-refractivity contribution in [3.8, 4) is 5.69 Å². The summed E-state index contributed by atoms with van der Waals surface area (Å²) in [6.07, 6.45) is 7.30. The third kappa shape index (κ3) is 2.95. The van der Waals surface area contributed by atoms with Gasteiger partial charge in [-0.05, 0) is 43.0 Å². The first kappa shape index (κ1) is 15.6. The Kier molecular flexibility index (Phi) is 3.88. The second-order valence-electron chi connectivity index (χ2n) is 6.70. The molecule has 1 heterocycles. The number of carbonyl (C=O) groups is 1. The van der Waals surface area contributed by atoms with Crippen molar-refractivity contribution in [2.75, 3.05) is 0 Å². The quantitative estimate of drug-likeness (QED) is 0.773. The molecular weight excluding hydrogens is 310 g/mol. The lowest BCUT2D eigenvalue weighted by Crippen LogP contribution is -2.36. The number of aromatic nitrogens is 2. The first-order valence-electron chi connectivity index (χ1n) is 8.64.